The van der Waals surface area contributed by atoms with Crippen LogP contribution in [0.1, 0.15) is 5.56 Å². The summed E-state index contributed by atoms with van der Waals surface area (Å²) in [4.78, 5) is 14.6. The average molecular weight is 410 g/mol. The fraction of sp³-hybridized carbons (Fsp3) is 0.286. The van der Waals surface area contributed by atoms with Gasteiger partial charge in [0, 0.05) is 18.8 Å². The Kier molecular flexibility index (Phi) is 6.12. The number of ether oxygens (including phenoxy) is 1. The molecule has 0 atom stereocenters. The molecule has 2 aromatic carbocycles. The lowest BCUT2D eigenvalue weighted by molar-refractivity contribution is -0.113. The van der Waals surface area contributed by atoms with Crippen molar-refractivity contribution in [1.29, 1.82) is 0 Å². The zero-order valence-corrected chi connectivity index (χ0v) is 17.1. The lowest BCUT2D eigenvalue weighted by Crippen LogP contribution is -2.37. The van der Waals surface area contributed by atoms with Crippen LogP contribution in [0.2, 0.25) is 0 Å². The van der Waals surface area contributed by atoms with Crippen molar-refractivity contribution < 1.29 is 9.53 Å². The van der Waals surface area contributed by atoms with Gasteiger partial charge < -0.3 is 15.0 Å². The fourth-order valence-corrected chi connectivity index (χ4v) is 3.91. The summed E-state index contributed by atoms with van der Waals surface area (Å²) in [7, 11) is 0. The molecule has 1 aliphatic heterocycles. The van der Waals surface area contributed by atoms with E-state index in [-0.39, 0.29) is 11.7 Å². The summed E-state index contributed by atoms with van der Waals surface area (Å²) in [6.07, 6.45) is 0. The molecule has 4 rings (SSSR count). The van der Waals surface area contributed by atoms with E-state index < -0.39 is 0 Å². The predicted molar refractivity (Wildman–Crippen MR) is 115 cm³/mol. The van der Waals surface area contributed by atoms with Gasteiger partial charge in [-0.05, 0) is 36.8 Å². The highest BCUT2D eigenvalue weighted by Crippen LogP contribution is 2.27. The molecule has 1 fully saturated rings. The minimum Gasteiger partial charge on any atom is -0.378 e. The Hall–Kier alpha value is -2.84. The van der Waals surface area contributed by atoms with E-state index in [0.717, 1.165) is 36.0 Å². The second kappa shape index (κ2) is 9.11. The molecule has 0 spiro atoms. The summed E-state index contributed by atoms with van der Waals surface area (Å²) in [6.45, 7) is 4.93. The summed E-state index contributed by atoms with van der Waals surface area (Å²) in [5.41, 5.74) is 2.93. The van der Waals surface area contributed by atoms with Crippen molar-refractivity contribution in [2.45, 2.75) is 12.1 Å². The van der Waals surface area contributed by atoms with Gasteiger partial charge in [0.2, 0.25) is 11.9 Å². The number of para-hydroxylation sites is 1. The number of benzene rings is 2. The number of aryl methyl sites for hydroxylation is 1. The predicted octanol–water partition coefficient (Wildman–Crippen LogP) is 3.14. The van der Waals surface area contributed by atoms with Gasteiger partial charge in [-0.25, -0.2) is 0 Å². The minimum atomic E-state index is -0.0760. The summed E-state index contributed by atoms with van der Waals surface area (Å²) in [5.74, 6) is 0.958. The van der Waals surface area contributed by atoms with Crippen molar-refractivity contribution in [1.82, 2.24) is 14.8 Å². The molecule has 150 valence electrons. The number of anilines is 2. The van der Waals surface area contributed by atoms with Crippen molar-refractivity contribution in [2.24, 2.45) is 0 Å². The molecule has 1 aromatic heterocycles. The van der Waals surface area contributed by atoms with Gasteiger partial charge in [-0.2, -0.15) is 0 Å². The van der Waals surface area contributed by atoms with Gasteiger partial charge in [-0.3, -0.25) is 9.36 Å². The number of thioether (sulfide) groups is 1. The summed E-state index contributed by atoms with van der Waals surface area (Å²) in [5, 5.41) is 12.4. The first-order valence-electron chi connectivity index (χ1n) is 9.53. The molecule has 1 saturated heterocycles. The molecule has 29 heavy (non-hydrogen) atoms. The molecule has 7 nitrogen and oxygen atoms in total. The quantitative estimate of drug-likeness (QED) is 0.631. The lowest BCUT2D eigenvalue weighted by atomic mass is 10.2. The second-order valence-corrected chi connectivity index (χ2v) is 7.70. The van der Waals surface area contributed by atoms with Gasteiger partial charge in [0.15, 0.2) is 5.16 Å². The third-order valence-corrected chi connectivity index (χ3v) is 5.49. The first kappa shape index (κ1) is 19.5. The van der Waals surface area contributed by atoms with Crippen molar-refractivity contribution in [3.8, 4) is 5.69 Å². The van der Waals surface area contributed by atoms with E-state index in [0.29, 0.717) is 18.4 Å². The van der Waals surface area contributed by atoms with Gasteiger partial charge in [0.25, 0.3) is 0 Å². The van der Waals surface area contributed by atoms with Crippen LogP contribution in [-0.4, -0.2) is 52.7 Å². The molecule has 0 radical (unpaired) electrons. The third kappa shape index (κ3) is 4.78. The van der Waals surface area contributed by atoms with Crippen LogP contribution >= 0.6 is 11.8 Å². The molecule has 1 aliphatic rings. The topological polar surface area (TPSA) is 72.3 Å². The number of carbonyl (C=O) groups is 1. The smallest absolute Gasteiger partial charge is 0.234 e. The average Bonchev–Trinajstić information content (AvgIpc) is 3.18. The highest BCUT2D eigenvalue weighted by atomic mass is 32.2. The maximum atomic E-state index is 12.4. The van der Waals surface area contributed by atoms with Crippen molar-refractivity contribution >= 4 is 29.3 Å². The monoisotopic (exact) mass is 409 g/mol. The Morgan fingerprint density at radius 2 is 1.90 bits per heavy atom. The third-order valence-electron chi connectivity index (χ3n) is 4.56. The van der Waals surface area contributed by atoms with E-state index in [1.54, 1.807) is 0 Å². The zero-order chi connectivity index (χ0) is 20.1. The van der Waals surface area contributed by atoms with Crippen LogP contribution in [0.4, 0.5) is 11.6 Å². The number of rotatable bonds is 6. The Labute approximate surface area is 174 Å². The maximum Gasteiger partial charge on any atom is 0.234 e. The number of nitrogens with one attached hydrogen (secondary N) is 1. The SMILES string of the molecule is Cc1cccc(-n2c(SCC(=O)Nc3ccccc3)nnc2N2CCOCC2)c1. The lowest BCUT2D eigenvalue weighted by Gasteiger charge is -2.28. The molecule has 0 bridgehead atoms. The standard InChI is InChI=1S/C21H23N5O2S/c1-16-6-5-9-18(14-16)26-20(25-10-12-28-13-11-25)23-24-21(26)29-15-19(27)22-17-7-3-2-4-8-17/h2-9,14H,10-13,15H2,1H3,(H,22,27). The van der Waals surface area contributed by atoms with Gasteiger partial charge >= 0.3 is 0 Å². The first-order valence-corrected chi connectivity index (χ1v) is 10.5. The number of hydrogen-bond donors (Lipinski definition) is 1. The Balaban J connectivity index is 1.56. The van der Waals surface area contributed by atoms with E-state index in [4.69, 9.17) is 4.74 Å². The number of amides is 1. The zero-order valence-electron chi connectivity index (χ0n) is 16.2. The molecular weight excluding hydrogens is 386 g/mol. The molecule has 8 heteroatoms. The molecule has 2 heterocycles. The highest BCUT2D eigenvalue weighted by molar-refractivity contribution is 7.99. The van der Waals surface area contributed by atoms with Gasteiger partial charge in [0.05, 0.1) is 24.7 Å². The van der Waals surface area contributed by atoms with Crippen LogP contribution in [0.15, 0.2) is 59.8 Å². The largest absolute Gasteiger partial charge is 0.378 e. The molecule has 0 unspecified atom stereocenters. The molecule has 1 N–H and O–H groups in total. The second-order valence-electron chi connectivity index (χ2n) is 6.76. The Morgan fingerprint density at radius 1 is 1.10 bits per heavy atom. The number of morpholine rings is 1. The molecule has 1 amide bonds. The van der Waals surface area contributed by atoms with E-state index in [1.165, 1.54) is 11.8 Å². The highest BCUT2D eigenvalue weighted by Gasteiger charge is 2.22. The van der Waals surface area contributed by atoms with Crippen molar-refractivity contribution in [3.63, 3.8) is 0 Å². The van der Waals surface area contributed by atoms with Gasteiger partial charge in [-0.1, -0.05) is 42.1 Å². The number of aromatic nitrogens is 3. The Bertz CT molecular complexity index is 970. The van der Waals surface area contributed by atoms with Gasteiger partial charge in [-0.15, -0.1) is 10.2 Å². The van der Waals surface area contributed by atoms with E-state index >= 15 is 0 Å². The number of nitrogens with zero attached hydrogens (tertiary/aromatic N) is 4. The summed E-state index contributed by atoms with van der Waals surface area (Å²) in [6, 6.07) is 17.7. The minimum absolute atomic E-state index is 0.0760. The van der Waals surface area contributed by atoms with E-state index in [1.807, 2.05) is 47.0 Å². The van der Waals surface area contributed by atoms with Crippen molar-refractivity contribution in [2.75, 3.05) is 42.3 Å². The molecule has 0 aliphatic carbocycles. The summed E-state index contributed by atoms with van der Waals surface area (Å²) < 4.78 is 7.50. The van der Waals surface area contributed by atoms with Crippen LogP contribution in [-0.2, 0) is 9.53 Å². The van der Waals surface area contributed by atoms with Crippen LogP contribution in [0.25, 0.3) is 5.69 Å². The summed E-state index contributed by atoms with van der Waals surface area (Å²) >= 11 is 1.38. The number of carbonyl (C=O) groups excluding carboxylic acids is 1. The van der Waals surface area contributed by atoms with Gasteiger partial charge in [0.1, 0.15) is 0 Å². The number of hydrogen-bond acceptors (Lipinski definition) is 6. The van der Waals surface area contributed by atoms with Crippen LogP contribution in [0, 0.1) is 6.92 Å². The Morgan fingerprint density at radius 3 is 2.66 bits per heavy atom. The van der Waals surface area contributed by atoms with E-state index in [2.05, 4.69) is 39.5 Å². The fourth-order valence-electron chi connectivity index (χ4n) is 3.17. The van der Waals surface area contributed by atoms with Crippen molar-refractivity contribution in [3.05, 3.63) is 60.2 Å². The van der Waals surface area contributed by atoms with Crippen LogP contribution < -0.4 is 10.2 Å². The van der Waals surface area contributed by atoms with Crippen LogP contribution in [0.3, 0.4) is 0 Å². The maximum absolute atomic E-state index is 12.4. The normalized spacial score (nSPS) is 14.0. The first-order chi connectivity index (χ1) is 14.2. The van der Waals surface area contributed by atoms with E-state index in [9.17, 15) is 4.79 Å². The van der Waals surface area contributed by atoms with Crippen LogP contribution in [0.5, 0.6) is 0 Å². The molecule has 3 aromatic rings. The molecule has 0 saturated carbocycles. The molecular formula is C21H23N5O2S.